The monoisotopic (exact) mass is 391 g/mol. The largest absolute Gasteiger partial charge is 0.372 e. The zero-order chi connectivity index (χ0) is 20.6. The van der Waals surface area contributed by atoms with Gasteiger partial charge in [0.05, 0.1) is 11.7 Å². The molecule has 29 heavy (non-hydrogen) atoms. The highest BCUT2D eigenvalue weighted by Crippen LogP contribution is 2.18. The van der Waals surface area contributed by atoms with Crippen molar-refractivity contribution in [1.29, 1.82) is 0 Å². The van der Waals surface area contributed by atoms with Crippen molar-refractivity contribution in [3.63, 3.8) is 0 Å². The van der Waals surface area contributed by atoms with Crippen LogP contribution in [0.15, 0.2) is 61.2 Å². The van der Waals surface area contributed by atoms with Crippen LogP contribution in [0.5, 0.6) is 0 Å². The molecule has 3 rings (SSSR count). The molecule has 1 N–H and O–H groups in total. The molecule has 1 atom stereocenters. The van der Waals surface area contributed by atoms with Crippen LogP contribution < -0.4 is 10.2 Å². The van der Waals surface area contributed by atoms with Gasteiger partial charge >= 0.3 is 0 Å². The van der Waals surface area contributed by atoms with Gasteiger partial charge in [-0.2, -0.15) is 5.10 Å². The summed E-state index contributed by atoms with van der Waals surface area (Å²) in [5.41, 5.74) is 3.81. The predicted octanol–water partition coefficient (Wildman–Crippen LogP) is 4.38. The number of hydrogen-bond acceptors (Lipinski definition) is 4. The Labute approximate surface area is 172 Å². The van der Waals surface area contributed by atoms with E-state index in [4.69, 9.17) is 0 Å². The van der Waals surface area contributed by atoms with E-state index in [2.05, 4.69) is 34.1 Å². The molecular weight excluding hydrogens is 362 g/mol. The van der Waals surface area contributed by atoms with Crippen LogP contribution >= 0.6 is 0 Å². The predicted molar refractivity (Wildman–Crippen MR) is 116 cm³/mol. The average Bonchev–Trinajstić information content (AvgIpc) is 3.30. The molecular formula is C23H29N5O. The maximum atomic E-state index is 12.7. The second-order valence-electron chi connectivity index (χ2n) is 7.11. The molecule has 0 saturated heterocycles. The summed E-state index contributed by atoms with van der Waals surface area (Å²) in [6.45, 7) is 8.35. The van der Waals surface area contributed by atoms with Gasteiger partial charge in [0, 0.05) is 24.3 Å². The van der Waals surface area contributed by atoms with Crippen molar-refractivity contribution in [2.24, 2.45) is 0 Å². The van der Waals surface area contributed by atoms with Gasteiger partial charge in [-0.3, -0.25) is 4.79 Å². The standard InChI is InChI=1S/C23H29N5O/c1-4-6-15-27(5-2)21-11-9-20(10-12-21)23(29)26-18(3)19-7-13-22(14-8-19)28-17-24-16-25-28/h7-14,16-18H,4-6,15H2,1-3H3,(H,26,29). The molecule has 0 fully saturated rings. The highest BCUT2D eigenvalue weighted by Gasteiger charge is 2.12. The van der Waals surface area contributed by atoms with Gasteiger partial charge < -0.3 is 10.2 Å². The summed E-state index contributed by atoms with van der Waals surface area (Å²) in [6.07, 6.45) is 5.51. The number of nitrogens with zero attached hydrogens (tertiary/aromatic N) is 4. The molecule has 3 aromatic rings. The van der Waals surface area contributed by atoms with Crippen LogP contribution in [0.25, 0.3) is 5.69 Å². The topological polar surface area (TPSA) is 63.1 Å². The summed E-state index contributed by atoms with van der Waals surface area (Å²) in [7, 11) is 0. The number of anilines is 1. The van der Waals surface area contributed by atoms with Crippen molar-refractivity contribution in [3.8, 4) is 5.69 Å². The number of hydrogen-bond donors (Lipinski definition) is 1. The van der Waals surface area contributed by atoms with Gasteiger partial charge in [-0.1, -0.05) is 25.5 Å². The SMILES string of the molecule is CCCCN(CC)c1ccc(C(=O)NC(C)c2ccc(-n3cncn3)cc2)cc1. The second kappa shape index (κ2) is 9.87. The first-order valence-corrected chi connectivity index (χ1v) is 10.2. The third-order valence-electron chi connectivity index (χ3n) is 5.08. The Morgan fingerprint density at radius 2 is 1.83 bits per heavy atom. The summed E-state index contributed by atoms with van der Waals surface area (Å²) >= 11 is 0. The summed E-state index contributed by atoms with van der Waals surface area (Å²) in [5, 5.41) is 7.20. The van der Waals surface area contributed by atoms with E-state index in [1.165, 1.54) is 19.2 Å². The van der Waals surface area contributed by atoms with Crippen LogP contribution in [0, 0.1) is 0 Å². The lowest BCUT2D eigenvalue weighted by Gasteiger charge is -2.23. The number of unbranched alkanes of at least 4 members (excludes halogenated alkanes) is 1. The molecule has 0 saturated carbocycles. The molecule has 0 bridgehead atoms. The van der Waals surface area contributed by atoms with Gasteiger partial charge in [-0.05, 0) is 62.2 Å². The Kier molecular flexibility index (Phi) is 7.00. The minimum Gasteiger partial charge on any atom is -0.372 e. The number of amides is 1. The fourth-order valence-electron chi connectivity index (χ4n) is 3.26. The van der Waals surface area contributed by atoms with Gasteiger partial charge in [0.2, 0.25) is 0 Å². The first-order valence-electron chi connectivity index (χ1n) is 10.2. The molecule has 152 valence electrons. The van der Waals surface area contributed by atoms with Crippen LogP contribution in [0.3, 0.4) is 0 Å². The maximum absolute atomic E-state index is 12.7. The van der Waals surface area contributed by atoms with E-state index in [0.29, 0.717) is 5.56 Å². The number of carbonyl (C=O) groups is 1. The van der Waals surface area contributed by atoms with Crippen molar-refractivity contribution < 1.29 is 4.79 Å². The van der Waals surface area contributed by atoms with Crippen molar-refractivity contribution in [1.82, 2.24) is 20.1 Å². The summed E-state index contributed by atoms with van der Waals surface area (Å²) < 4.78 is 1.70. The molecule has 0 spiro atoms. The molecule has 1 aromatic heterocycles. The van der Waals surface area contributed by atoms with Crippen molar-refractivity contribution in [3.05, 3.63) is 72.3 Å². The van der Waals surface area contributed by atoms with Gasteiger partial charge in [0.25, 0.3) is 5.91 Å². The van der Waals surface area contributed by atoms with Crippen LogP contribution in [0.2, 0.25) is 0 Å². The van der Waals surface area contributed by atoms with Gasteiger partial charge in [0.15, 0.2) is 0 Å². The van der Waals surface area contributed by atoms with Crippen molar-refractivity contribution in [2.75, 3.05) is 18.0 Å². The van der Waals surface area contributed by atoms with E-state index in [-0.39, 0.29) is 11.9 Å². The van der Waals surface area contributed by atoms with Crippen LogP contribution in [-0.4, -0.2) is 33.8 Å². The molecule has 0 radical (unpaired) electrons. The normalized spacial score (nSPS) is 11.8. The first-order chi connectivity index (χ1) is 14.1. The fraction of sp³-hybridized carbons (Fsp3) is 0.348. The van der Waals surface area contributed by atoms with E-state index >= 15 is 0 Å². The minimum absolute atomic E-state index is 0.0685. The molecule has 6 heteroatoms. The molecule has 2 aromatic carbocycles. The minimum atomic E-state index is -0.0938. The summed E-state index contributed by atoms with van der Waals surface area (Å²) in [4.78, 5) is 19.0. The van der Waals surface area contributed by atoms with Gasteiger partial charge in [-0.25, -0.2) is 9.67 Å². The highest BCUT2D eigenvalue weighted by molar-refractivity contribution is 5.94. The second-order valence-corrected chi connectivity index (χ2v) is 7.11. The summed E-state index contributed by atoms with van der Waals surface area (Å²) in [6, 6.07) is 15.7. The van der Waals surface area contributed by atoms with E-state index < -0.39 is 0 Å². The Hall–Kier alpha value is -3.15. The quantitative estimate of drug-likeness (QED) is 0.588. The van der Waals surface area contributed by atoms with E-state index in [1.807, 2.05) is 55.5 Å². The number of carbonyl (C=O) groups excluding carboxylic acids is 1. The Morgan fingerprint density at radius 1 is 1.10 bits per heavy atom. The highest BCUT2D eigenvalue weighted by atomic mass is 16.1. The zero-order valence-corrected chi connectivity index (χ0v) is 17.4. The van der Waals surface area contributed by atoms with E-state index in [1.54, 1.807) is 11.0 Å². The molecule has 0 aliphatic carbocycles. The first kappa shape index (κ1) is 20.6. The van der Waals surface area contributed by atoms with Crippen LogP contribution in [0.4, 0.5) is 5.69 Å². The lowest BCUT2D eigenvalue weighted by Crippen LogP contribution is -2.27. The maximum Gasteiger partial charge on any atom is 0.251 e. The number of benzene rings is 2. The molecule has 1 unspecified atom stereocenters. The molecule has 0 aliphatic heterocycles. The van der Waals surface area contributed by atoms with Crippen LogP contribution in [0.1, 0.15) is 55.6 Å². The van der Waals surface area contributed by atoms with Crippen molar-refractivity contribution in [2.45, 2.75) is 39.7 Å². The lowest BCUT2D eigenvalue weighted by molar-refractivity contribution is 0.0940. The number of aromatic nitrogens is 3. The fourth-order valence-corrected chi connectivity index (χ4v) is 3.26. The molecule has 0 aliphatic rings. The van der Waals surface area contributed by atoms with Crippen molar-refractivity contribution >= 4 is 11.6 Å². The zero-order valence-electron chi connectivity index (χ0n) is 17.4. The Bertz CT molecular complexity index is 888. The lowest BCUT2D eigenvalue weighted by atomic mass is 10.1. The third-order valence-corrected chi connectivity index (χ3v) is 5.08. The Balaban J connectivity index is 1.62. The third kappa shape index (κ3) is 5.22. The van der Waals surface area contributed by atoms with Gasteiger partial charge in [0.1, 0.15) is 12.7 Å². The molecule has 1 amide bonds. The van der Waals surface area contributed by atoms with E-state index in [0.717, 1.165) is 30.0 Å². The van der Waals surface area contributed by atoms with E-state index in [9.17, 15) is 4.79 Å². The molecule has 6 nitrogen and oxygen atoms in total. The number of rotatable bonds is 9. The summed E-state index contributed by atoms with van der Waals surface area (Å²) in [5.74, 6) is -0.0685. The van der Waals surface area contributed by atoms with Crippen LogP contribution in [-0.2, 0) is 0 Å². The van der Waals surface area contributed by atoms with Gasteiger partial charge in [-0.15, -0.1) is 0 Å². The number of nitrogens with one attached hydrogen (secondary N) is 1. The smallest absolute Gasteiger partial charge is 0.251 e. The Morgan fingerprint density at radius 3 is 2.41 bits per heavy atom. The average molecular weight is 392 g/mol. The molecule has 1 heterocycles.